The summed E-state index contributed by atoms with van der Waals surface area (Å²) in [5, 5.41) is 8.30. The van der Waals surface area contributed by atoms with E-state index in [-0.39, 0.29) is 40.9 Å². The lowest BCUT2D eigenvalue weighted by molar-refractivity contribution is -0.123. The molecule has 0 bridgehead atoms. The monoisotopic (exact) mass is 468 g/mol. The van der Waals surface area contributed by atoms with Gasteiger partial charge in [-0.3, -0.25) is 14.4 Å². The van der Waals surface area contributed by atoms with E-state index in [0.717, 1.165) is 11.1 Å². The quantitative estimate of drug-likeness (QED) is 0.438. The van der Waals surface area contributed by atoms with Crippen LogP contribution in [-0.2, 0) is 11.3 Å². The minimum atomic E-state index is -0.669. The first-order valence-electron chi connectivity index (χ1n) is 10.4. The second-order valence-electron chi connectivity index (χ2n) is 7.70. The van der Waals surface area contributed by atoms with E-state index in [9.17, 15) is 14.4 Å². The van der Waals surface area contributed by atoms with Crippen LogP contribution in [0.2, 0.25) is 5.15 Å². The highest BCUT2D eigenvalue weighted by Gasteiger charge is 2.25. The van der Waals surface area contributed by atoms with Crippen LogP contribution in [0.25, 0.3) is 11.3 Å². The number of amides is 3. The summed E-state index contributed by atoms with van der Waals surface area (Å²) in [4.78, 5) is 40.9. The van der Waals surface area contributed by atoms with Gasteiger partial charge in [0.1, 0.15) is 22.6 Å². The lowest BCUT2D eigenvalue weighted by atomic mass is 10.0. The standard InChI is InChI=1S/C24H25ClN4O4/c1-14(2)21(24(32)26-3)29-23(31)19-11-10-18(33-19)16-7-4-6-15(12-16)13-27-22(30)17-8-5-9-20(25)28-17/h4-12,14,21H,13H2,1-3H3,(H,26,32)(H,27,30)(H,29,31)/t21-/m0/s1. The fourth-order valence-electron chi connectivity index (χ4n) is 3.16. The zero-order chi connectivity index (χ0) is 24.0. The number of pyridine rings is 1. The van der Waals surface area contributed by atoms with Gasteiger partial charge in [0.2, 0.25) is 5.91 Å². The number of aromatic nitrogens is 1. The second-order valence-corrected chi connectivity index (χ2v) is 8.09. The topological polar surface area (TPSA) is 113 Å². The number of carbonyl (C=O) groups is 3. The molecular formula is C24H25ClN4O4. The van der Waals surface area contributed by atoms with Crippen molar-refractivity contribution >= 4 is 29.3 Å². The molecule has 1 aromatic carbocycles. The summed E-state index contributed by atoms with van der Waals surface area (Å²) in [5.41, 5.74) is 1.81. The molecule has 8 nitrogen and oxygen atoms in total. The summed E-state index contributed by atoms with van der Waals surface area (Å²) >= 11 is 5.84. The molecule has 3 amide bonds. The predicted octanol–water partition coefficient (Wildman–Crippen LogP) is 3.43. The molecule has 9 heteroatoms. The van der Waals surface area contributed by atoms with Crippen LogP contribution in [0.3, 0.4) is 0 Å². The van der Waals surface area contributed by atoms with Gasteiger partial charge >= 0.3 is 0 Å². The molecule has 0 saturated heterocycles. The van der Waals surface area contributed by atoms with Crippen LogP contribution in [0.5, 0.6) is 0 Å². The van der Waals surface area contributed by atoms with Gasteiger partial charge in [0.05, 0.1) is 0 Å². The van der Waals surface area contributed by atoms with Crippen molar-refractivity contribution in [3.05, 3.63) is 76.8 Å². The minimum Gasteiger partial charge on any atom is -0.451 e. The molecule has 3 N–H and O–H groups in total. The van der Waals surface area contributed by atoms with Crippen molar-refractivity contribution in [2.45, 2.75) is 26.4 Å². The Hall–Kier alpha value is -3.65. The maximum absolute atomic E-state index is 12.6. The third-order valence-corrected chi connectivity index (χ3v) is 5.13. The molecule has 2 aromatic heterocycles. The zero-order valence-corrected chi connectivity index (χ0v) is 19.3. The van der Waals surface area contributed by atoms with E-state index in [2.05, 4.69) is 20.9 Å². The maximum atomic E-state index is 12.6. The van der Waals surface area contributed by atoms with Gasteiger partial charge in [-0.25, -0.2) is 4.98 Å². The van der Waals surface area contributed by atoms with E-state index < -0.39 is 11.9 Å². The summed E-state index contributed by atoms with van der Waals surface area (Å²) < 4.78 is 5.73. The Bertz CT molecular complexity index is 1160. The number of benzene rings is 1. The number of hydrogen-bond donors (Lipinski definition) is 3. The number of nitrogens with zero attached hydrogens (tertiary/aromatic N) is 1. The minimum absolute atomic E-state index is 0.0858. The SMILES string of the molecule is CNC(=O)[C@@H](NC(=O)c1ccc(-c2cccc(CNC(=O)c3cccc(Cl)n3)c2)o1)C(C)C. The molecule has 33 heavy (non-hydrogen) atoms. The summed E-state index contributed by atoms with van der Waals surface area (Å²) in [6.45, 7) is 3.97. The van der Waals surface area contributed by atoms with Gasteiger partial charge in [-0.1, -0.05) is 49.7 Å². The maximum Gasteiger partial charge on any atom is 0.287 e. The summed E-state index contributed by atoms with van der Waals surface area (Å²) in [5.74, 6) is -0.571. The van der Waals surface area contributed by atoms with Gasteiger partial charge < -0.3 is 20.4 Å². The lowest BCUT2D eigenvalue weighted by Gasteiger charge is -2.19. The average molecular weight is 469 g/mol. The molecule has 0 radical (unpaired) electrons. The number of furan rings is 1. The van der Waals surface area contributed by atoms with E-state index in [4.69, 9.17) is 16.0 Å². The molecule has 0 aliphatic carbocycles. The van der Waals surface area contributed by atoms with Gasteiger partial charge in [0, 0.05) is 19.2 Å². The van der Waals surface area contributed by atoms with Crippen molar-refractivity contribution in [1.82, 2.24) is 20.9 Å². The summed E-state index contributed by atoms with van der Waals surface area (Å²) in [6.07, 6.45) is 0. The molecule has 3 rings (SSSR count). The van der Waals surface area contributed by atoms with Gasteiger partial charge in [0.25, 0.3) is 11.8 Å². The molecule has 1 atom stereocenters. The summed E-state index contributed by atoms with van der Waals surface area (Å²) in [6, 6.07) is 14.8. The second kappa shape index (κ2) is 10.8. The molecule has 172 valence electrons. The molecule has 3 aromatic rings. The Balaban J connectivity index is 1.67. The Kier molecular flexibility index (Phi) is 7.84. The van der Waals surface area contributed by atoms with Crippen molar-refractivity contribution in [3.8, 4) is 11.3 Å². The normalized spacial score (nSPS) is 11.7. The van der Waals surface area contributed by atoms with Crippen LogP contribution in [0, 0.1) is 5.92 Å². The fraction of sp³-hybridized carbons (Fsp3) is 0.250. The Morgan fingerprint density at radius 1 is 1.03 bits per heavy atom. The van der Waals surface area contributed by atoms with Crippen LogP contribution in [0.4, 0.5) is 0 Å². The van der Waals surface area contributed by atoms with Crippen molar-refractivity contribution in [2.75, 3.05) is 7.05 Å². The largest absolute Gasteiger partial charge is 0.451 e. The first kappa shape index (κ1) is 24.0. The number of carbonyl (C=O) groups excluding carboxylic acids is 3. The van der Waals surface area contributed by atoms with Crippen LogP contribution in [-0.4, -0.2) is 35.8 Å². The van der Waals surface area contributed by atoms with Crippen molar-refractivity contribution in [3.63, 3.8) is 0 Å². The van der Waals surface area contributed by atoms with E-state index in [1.54, 1.807) is 30.3 Å². The summed E-state index contributed by atoms with van der Waals surface area (Å²) in [7, 11) is 1.52. The Morgan fingerprint density at radius 3 is 2.48 bits per heavy atom. The van der Waals surface area contributed by atoms with E-state index in [1.807, 2.05) is 38.1 Å². The Morgan fingerprint density at radius 2 is 1.79 bits per heavy atom. The van der Waals surface area contributed by atoms with Crippen molar-refractivity contribution in [1.29, 1.82) is 0 Å². The number of nitrogens with one attached hydrogen (secondary N) is 3. The number of rotatable bonds is 8. The zero-order valence-electron chi connectivity index (χ0n) is 18.5. The first-order chi connectivity index (χ1) is 15.8. The molecule has 2 heterocycles. The van der Waals surface area contributed by atoms with Crippen LogP contribution in [0.1, 0.15) is 40.5 Å². The molecular weight excluding hydrogens is 444 g/mol. The van der Waals surface area contributed by atoms with Crippen molar-refractivity contribution in [2.24, 2.45) is 5.92 Å². The molecule has 0 aliphatic heterocycles. The Labute approximate surface area is 196 Å². The van der Waals surface area contributed by atoms with Gasteiger partial charge in [-0.2, -0.15) is 0 Å². The number of halogens is 1. The van der Waals surface area contributed by atoms with E-state index >= 15 is 0 Å². The smallest absolute Gasteiger partial charge is 0.287 e. The van der Waals surface area contributed by atoms with E-state index in [1.165, 1.54) is 7.05 Å². The van der Waals surface area contributed by atoms with Crippen LogP contribution >= 0.6 is 11.6 Å². The highest BCUT2D eigenvalue weighted by Crippen LogP contribution is 2.23. The highest BCUT2D eigenvalue weighted by molar-refractivity contribution is 6.29. The van der Waals surface area contributed by atoms with Gasteiger partial charge in [-0.15, -0.1) is 0 Å². The first-order valence-corrected chi connectivity index (χ1v) is 10.8. The average Bonchev–Trinajstić information content (AvgIpc) is 3.31. The lowest BCUT2D eigenvalue weighted by Crippen LogP contribution is -2.48. The number of hydrogen-bond acceptors (Lipinski definition) is 5. The fourth-order valence-corrected chi connectivity index (χ4v) is 3.32. The van der Waals surface area contributed by atoms with Crippen LogP contribution in [0.15, 0.2) is 59.0 Å². The molecule has 0 spiro atoms. The van der Waals surface area contributed by atoms with Gasteiger partial charge in [-0.05, 0) is 41.8 Å². The predicted molar refractivity (Wildman–Crippen MR) is 125 cm³/mol. The van der Waals surface area contributed by atoms with Crippen LogP contribution < -0.4 is 16.0 Å². The highest BCUT2D eigenvalue weighted by atomic mass is 35.5. The van der Waals surface area contributed by atoms with Gasteiger partial charge in [0.15, 0.2) is 5.76 Å². The molecule has 0 fully saturated rings. The third-order valence-electron chi connectivity index (χ3n) is 4.92. The molecule has 0 saturated carbocycles. The third kappa shape index (κ3) is 6.20. The van der Waals surface area contributed by atoms with Crippen molar-refractivity contribution < 1.29 is 18.8 Å². The molecule has 0 unspecified atom stereocenters. The molecule has 0 aliphatic rings. The number of likely N-dealkylation sites (N-methyl/N-ethyl adjacent to an activating group) is 1. The van der Waals surface area contributed by atoms with E-state index in [0.29, 0.717) is 5.76 Å².